The molecule has 25 heavy (non-hydrogen) atoms. The molecule has 3 heterocycles. The number of carbonyl (C=O) groups is 1. The number of carbonyl (C=O) groups excluding carboxylic acids is 1. The summed E-state index contributed by atoms with van der Waals surface area (Å²) in [5.41, 5.74) is 2.94. The average molecular weight is 336 g/mol. The fourth-order valence-corrected chi connectivity index (χ4v) is 3.22. The Hall–Kier alpha value is -3.24. The number of rotatable bonds is 2. The van der Waals surface area contributed by atoms with Crippen LogP contribution in [0.15, 0.2) is 36.7 Å². The molecule has 0 fully saturated rings. The van der Waals surface area contributed by atoms with Gasteiger partial charge in [0.25, 0.3) is 5.91 Å². The number of amides is 1. The molecule has 124 valence electrons. The Balaban J connectivity index is 1.86. The molecule has 1 aromatic carbocycles. The summed E-state index contributed by atoms with van der Waals surface area (Å²) in [7, 11) is 0. The van der Waals surface area contributed by atoms with E-state index >= 15 is 0 Å². The van der Waals surface area contributed by atoms with Crippen molar-refractivity contribution in [2.24, 2.45) is 0 Å². The SMILES string of the molecule is N#Cc1cn(Cc2ccc(F)cc2)c2cnc3c(c12)CCN(O)C3=O. The number of hydroxylamine groups is 2. The van der Waals surface area contributed by atoms with Gasteiger partial charge in [-0.05, 0) is 29.7 Å². The second kappa shape index (κ2) is 5.69. The van der Waals surface area contributed by atoms with Gasteiger partial charge in [-0.2, -0.15) is 5.26 Å². The van der Waals surface area contributed by atoms with Crippen molar-refractivity contribution in [1.82, 2.24) is 14.6 Å². The van der Waals surface area contributed by atoms with E-state index in [0.29, 0.717) is 34.5 Å². The molecule has 1 amide bonds. The van der Waals surface area contributed by atoms with Crippen LogP contribution in [0, 0.1) is 17.1 Å². The lowest BCUT2D eigenvalue weighted by Gasteiger charge is -2.22. The van der Waals surface area contributed by atoms with E-state index in [-0.39, 0.29) is 18.1 Å². The summed E-state index contributed by atoms with van der Waals surface area (Å²) in [5.74, 6) is -0.861. The molecule has 1 aliphatic heterocycles. The summed E-state index contributed by atoms with van der Waals surface area (Å²) in [6.07, 6.45) is 3.68. The molecule has 0 spiro atoms. The van der Waals surface area contributed by atoms with Crippen molar-refractivity contribution >= 4 is 16.8 Å². The fourth-order valence-electron chi connectivity index (χ4n) is 3.22. The van der Waals surface area contributed by atoms with Crippen molar-refractivity contribution in [2.75, 3.05) is 6.54 Å². The quantitative estimate of drug-likeness (QED) is 0.729. The van der Waals surface area contributed by atoms with E-state index in [9.17, 15) is 19.7 Å². The average Bonchev–Trinajstić information content (AvgIpc) is 2.98. The third kappa shape index (κ3) is 2.44. The van der Waals surface area contributed by atoms with Gasteiger partial charge in [-0.25, -0.2) is 14.4 Å². The van der Waals surface area contributed by atoms with Gasteiger partial charge in [-0.1, -0.05) is 12.1 Å². The molecular formula is C18H13FN4O2. The van der Waals surface area contributed by atoms with Crippen LogP contribution in [-0.4, -0.2) is 32.3 Å². The zero-order chi connectivity index (χ0) is 17.6. The van der Waals surface area contributed by atoms with Crippen molar-refractivity contribution in [3.05, 3.63) is 64.9 Å². The Morgan fingerprint density at radius 1 is 1.32 bits per heavy atom. The Kier molecular flexibility index (Phi) is 3.48. The topological polar surface area (TPSA) is 82.2 Å². The highest BCUT2D eigenvalue weighted by molar-refractivity contribution is 6.01. The van der Waals surface area contributed by atoms with Gasteiger partial charge in [0.15, 0.2) is 0 Å². The second-order valence-corrected chi connectivity index (χ2v) is 5.93. The van der Waals surface area contributed by atoms with Crippen molar-refractivity contribution < 1.29 is 14.4 Å². The fraction of sp³-hybridized carbons (Fsp3) is 0.167. The van der Waals surface area contributed by atoms with Crippen LogP contribution in [0.1, 0.15) is 27.2 Å². The predicted molar refractivity (Wildman–Crippen MR) is 86.5 cm³/mol. The molecule has 0 saturated heterocycles. The molecule has 0 radical (unpaired) electrons. The summed E-state index contributed by atoms with van der Waals surface area (Å²) in [4.78, 5) is 16.3. The van der Waals surface area contributed by atoms with Gasteiger partial charge in [-0.15, -0.1) is 0 Å². The third-order valence-corrected chi connectivity index (χ3v) is 4.42. The van der Waals surface area contributed by atoms with Crippen molar-refractivity contribution in [2.45, 2.75) is 13.0 Å². The molecule has 0 aliphatic carbocycles. The zero-order valence-corrected chi connectivity index (χ0v) is 13.1. The summed E-state index contributed by atoms with van der Waals surface area (Å²) >= 11 is 0. The smallest absolute Gasteiger partial charge is 0.296 e. The molecule has 1 aliphatic rings. The number of pyridine rings is 1. The number of halogens is 1. The van der Waals surface area contributed by atoms with Crippen molar-refractivity contribution in [1.29, 1.82) is 5.26 Å². The van der Waals surface area contributed by atoms with Crippen LogP contribution in [0.3, 0.4) is 0 Å². The Labute approximate surface area is 142 Å². The molecule has 0 bridgehead atoms. The summed E-state index contributed by atoms with van der Waals surface area (Å²) in [5, 5.41) is 20.4. The molecule has 6 nitrogen and oxygen atoms in total. The van der Waals surface area contributed by atoms with Gasteiger partial charge in [0.05, 0.1) is 23.8 Å². The normalized spacial score (nSPS) is 13.8. The molecule has 3 aromatic rings. The van der Waals surface area contributed by atoms with Crippen LogP contribution in [-0.2, 0) is 13.0 Å². The highest BCUT2D eigenvalue weighted by Gasteiger charge is 2.28. The van der Waals surface area contributed by atoms with E-state index in [0.717, 1.165) is 11.1 Å². The zero-order valence-electron chi connectivity index (χ0n) is 13.1. The highest BCUT2D eigenvalue weighted by Crippen LogP contribution is 2.30. The number of hydrogen-bond acceptors (Lipinski definition) is 4. The van der Waals surface area contributed by atoms with Crippen LogP contribution in [0.4, 0.5) is 4.39 Å². The van der Waals surface area contributed by atoms with Gasteiger partial charge in [-0.3, -0.25) is 10.0 Å². The molecule has 7 heteroatoms. The summed E-state index contributed by atoms with van der Waals surface area (Å²) in [6.45, 7) is 0.625. The second-order valence-electron chi connectivity index (χ2n) is 5.93. The van der Waals surface area contributed by atoms with Gasteiger partial charge >= 0.3 is 0 Å². The summed E-state index contributed by atoms with van der Waals surface area (Å²) in [6, 6.07) is 8.32. The minimum absolute atomic E-state index is 0.167. The molecule has 0 saturated carbocycles. The van der Waals surface area contributed by atoms with Gasteiger partial charge < -0.3 is 4.57 Å². The number of nitrogens with zero attached hydrogens (tertiary/aromatic N) is 4. The molecule has 1 N–H and O–H groups in total. The number of hydrogen-bond donors (Lipinski definition) is 1. The molecule has 2 aromatic heterocycles. The predicted octanol–water partition coefficient (Wildman–Crippen LogP) is 2.48. The van der Waals surface area contributed by atoms with Crippen molar-refractivity contribution in [3.63, 3.8) is 0 Å². The van der Waals surface area contributed by atoms with E-state index < -0.39 is 5.91 Å². The van der Waals surface area contributed by atoms with Gasteiger partial charge in [0.1, 0.15) is 17.6 Å². The van der Waals surface area contributed by atoms with Crippen LogP contribution in [0.25, 0.3) is 10.9 Å². The minimum Gasteiger partial charge on any atom is -0.340 e. The lowest BCUT2D eigenvalue weighted by Crippen LogP contribution is -2.35. The maximum absolute atomic E-state index is 13.1. The van der Waals surface area contributed by atoms with Crippen LogP contribution < -0.4 is 0 Å². The molecular weight excluding hydrogens is 323 g/mol. The number of aromatic nitrogens is 2. The number of benzene rings is 1. The van der Waals surface area contributed by atoms with Crippen LogP contribution in [0.2, 0.25) is 0 Å². The summed E-state index contributed by atoms with van der Waals surface area (Å²) < 4.78 is 14.9. The minimum atomic E-state index is -0.557. The first-order valence-corrected chi connectivity index (χ1v) is 7.74. The largest absolute Gasteiger partial charge is 0.340 e. The standard InChI is InChI=1S/C18H13FN4O2/c19-13-3-1-11(2-4-13)9-22-10-12(7-20)16-14-5-6-23(25)18(24)17(14)21-8-15(16)22/h1-4,8,10,25H,5-6,9H2. The van der Waals surface area contributed by atoms with Crippen LogP contribution in [0.5, 0.6) is 0 Å². The molecule has 0 unspecified atom stereocenters. The van der Waals surface area contributed by atoms with E-state index in [1.807, 2.05) is 4.57 Å². The van der Waals surface area contributed by atoms with Crippen molar-refractivity contribution in [3.8, 4) is 6.07 Å². The first-order valence-electron chi connectivity index (χ1n) is 7.74. The number of nitriles is 1. The van der Waals surface area contributed by atoms with E-state index in [4.69, 9.17) is 0 Å². The lowest BCUT2D eigenvalue weighted by molar-refractivity contribution is -0.0606. The first-order chi connectivity index (χ1) is 12.1. The maximum atomic E-state index is 13.1. The van der Waals surface area contributed by atoms with Gasteiger partial charge in [0.2, 0.25) is 0 Å². The first kappa shape index (κ1) is 15.3. The monoisotopic (exact) mass is 336 g/mol. The van der Waals surface area contributed by atoms with Crippen LogP contribution >= 0.6 is 0 Å². The van der Waals surface area contributed by atoms with E-state index in [1.165, 1.54) is 18.3 Å². The van der Waals surface area contributed by atoms with Gasteiger partial charge in [0, 0.05) is 18.1 Å². The van der Waals surface area contributed by atoms with E-state index in [1.54, 1.807) is 18.3 Å². The molecule has 0 atom stereocenters. The Morgan fingerprint density at radius 2 is 2.08 bits per heavy atom. The molecule has 4 rings (SSSR count). The maximum Gasteiger partial charge on any atom is 0.296 e. The van der Waals surface area contributed by atoms with E-state index in [2.05, 4.69) is 11.1 Å². The number of fused-ring (bicyclic) bond motifs is 3. The highest BCUT2D eigenvalue weighted by atomic mass is 19.1. The Morgan fingerprint density at radius 3 is 2.80 bits per heavy atom. The Bertz CT molecular complexity index is 1030. The lowest BCUT2D eigenvalue weighted by atomic mass is 9.99. The third-order valence-electron chi connectivity index (χ3n) is 4.42.